The number of rotatable bonds is 16. The number of nitrogens with zero attached hydrogens (tertiary/aromatic N) is 8. The maximum atomic E-state index is 16.4. The van der Waals surface area contributed by atoms with Crippen LogP contribution < -0.4 is 9.47 Å². The van der Waals surface area contributed by atoms with Crippen molar-refractivity contribution in [2.75, 3.05) is 26.4 Å². The summed E-state index contributed by atoms with van der Waals surface area (Å²) in [5.41, 5.74) is 0.730. The van der Waals surface area contributed by atoms with Crippen LogP contribution in [0.5, 0.6) is 11.8 Å². The summed E-state index contributed by atoms with van der Waals surface area (Å²) in [6.07, 6.45) is -0.420. The van der Waals surface area contributed by atoms with Crippen molar-refractivity contribution in [3.8, 4) is 46.4 Å². The summed E-state index contributed by atoms with van der Waals surface area (Å²) in [5, 5.41) is 18.2. The minimum Gasteiger partial charge on any atom is -0.473 e. The fraction of sp³-hybridized carbons (Fsp3) is 0.235. The molecule has 0 spiro atoms. The number of esters is 2. The minimum absolute atomic E-state index is 0.0219. The molecule has 6 aromatic carbocycles. The van der Waals surface area contributed by atoms with Crippen molar-refractivity contribution in [1.82, 2.24) is 29.1 Å². The molecule has 0 radical (unpaired) electrons. The highest BCUT2D eigenvalue weighted by atomic mass is 79.9. The predicted octanol–water partition coefficient (Wildman–Crippen LogP) is 15.1. The molecule has 0 N–H and O–H groups in total. The molecule has 0 amide bonds. The summed E-state index contributed by atoms with van der Waals surface area (Å²) in [5.74, 6) is -5.80. The van der Waals surface area contributed by atoms with E-state index in [4.69, 9.17) is 44.2 Å². The van der Waals surface area contributed by atoms with E-state index < -0.39 is 69.8 Å². The number of hydrogen-bond donors (Lipinski definition) is 0. The Morgan fingerprint density at radius 2 is 0.945 bits per heavy atom. The number of pyridine rings is 2. The van der Waals surface area contributed by atoms with Gasteiger partial charge in [-0.1, -0.05) is 52.0 Å². The van der Waals surface area contributed by atoms with Crippen LogP contribution in [0.3, 0.4) is 0 Å². The molecule has 10 aromatic rings. The van der Waals surface area contributed by atoms with E-state index >= 15 is 17.6 Å². The second kappa shape index (κ2) is 24.8. The third-order valence-corrected chi connectivity index (χ3v) is 17.5. The van der Waals surface area contributed by atoms with Gasteiger partial charge in [0.05, 0.1) is 95.3 Å². The molecule has 2 aliphatic heterocycles. The van der Waals surface area contributed by atoms with Crippen LogP contribution in [0.15, 0.2) is 130 Å². The molecular weight excluding hydrogens is 1310 g/mol. The number of hydrogen-bond acceptors (Lipinski definition) is 13. The Bertz CT molecular complexity index is 4420. The Morgan fingerprint density at radius 1 is 0.538 bits per heavy atom. The highest BCUT2D eigenvalue weighted by molar-refractivity contribution is 9.11. The molecular formula is C68H50Br2F6N8O7. The topological polar surface area (TPSA) is 189 Å². The monoisotopic (exact) mass is 1360 g/mol. The lowest BCUT2D eigenvalue weighted by atomic mass is 9.87. The average Bonchev–Trinajstić information content (AvgIpc) is 1.61. The molecule has 0 saturated carbocycles. The molecule has 6 heterocycles. The van der Waals surface area contributed by atoms with Gasteiger partial charge in [-0.2, -0.15) is 10.5 Å². The second-order valence-corrected chi connectivity index (χ2v) is 25.2. The number of carbonyl (C=O) groups excluding carboxylic acids is 2. The summed E-state index contributed by atoms with van der Waals surface area (Å²) in [6.45, 7) is 8.58. The maximum absolute atomic E-state index is 16.4. The smallest absolute Gasteiger partial charge is 0.346 e. The van der Waals surface area contributed by atoms with Gasteiger partial charge in [0.15, 0.2) is 0 Å². The highest BCUT2D eigenvalue weighted by Gasteiger charge is 2.41. The minimum atomic E-state index is -1.03. The maximum Gasteiger partial charge on any atom is 0.346 e. The first-order valence-corrected chi connectivity index (χ1v) is 30.0. The van der Waals surface area contributed by atoms with Crippen LogP contribution in [-0.2, 0) is 40.3 Å². The second-order valence-electron chi connectivity index (χ2n) is 23.5. The Hall–Kier alpha value is -9.26. The van der Waals surface area contributed by atoms with Gasteiger partial charge in [0, 0.05) is 67.0 Å². The summed E-state index contributed by atoms with van der Waals surface area (Å²) < 4.78 is 128. The van der Waals surface area contributed by atoms with Gasteiger partial charge in [0.25, 0.3) is 0 Å². The quantitative estimate of drug-likeness (QED) is 0.0505. The van der Waals surface area contributed by atoms with Crippen LogP contribution in [0, 0.1) is 68.4 Å². The Morgan fingerprint density at radius 3 is 1.32 bits per heavy atom. The first-order valence-electron chi connectivity index (χ1n) is 28.4. The zero-order valence-electron chi connectivity index (χ0n) is 48.8. The molecule has 2 aliphatic rings. The summed E-state index contributed by atoms with van der Waals surface area (Å²) in [4.78, 5) is 47.1. The molecule has 2 atom stereocenters. The lowest BCUT2D eigenvalue weighted by Crippen LogP contribution is -2.27. The fourth-order valence-electron chi connectivity index (χ4n) is 11.4. The molecule has 2 saturated heterocycles. The van der Waals surface area contributed by atoms with Crippen LogP contribution in [0.25, 0.3) is 44.6 Å². The van der Waals surface area contributed by atoms with Crippen molar-refractivity contribution in [2.24, 2.45) is 10.8 Å². The van der Waals surface area contributed by atoms with E-state index in [1.165, 1.54) is 84.9 Å². The number of imidazole rings is 2. The first-order chi connectivity index (χ1) is 43.6. The van der Waals surface area contributed by atoms with Gasteiger partial charge in [0.2, 0.25) is 11.8 Å². The van der Waals surface area contributed by atoms with Crippen LogP contribution in [-0.4, -0.2) is 67.4 Å². The molecule has 2 fully saturated rings. The predicted molar refractivity (Wildman–Crippen MR) is 328 cm³/mol. The number of carbonyl (C=O) groups is 2. The molecule has 0 aliphatic carbocycles. The van der Waals surface area contributed by atoms with E-state index in [-0.39, 0.29) is 118 Å². The van der Waals surface area contributed by atoms with Crippen LogP contribution in [0.1, 0.15) is 106 Å². The summed E-state index contributed by atoms with van der Waals surface area (Å²) >= 11 is 7.15. The van der Waals surface area contributed by atoms with Crippen LogP contribution >= 0.6 is 31.9 Å². The number of halogens is 8. The van der Waals surface area contributed by atoms with E-state index in [1.807, 2.05) is 49.0 Å². The third-order valence-electron chi connectivity index (χ3n) is 16.3. The molecule has 2 unspecified atom stereocenters. The van der Waals surface area contributed by atoms with Gasteiger partial charge < -0.3 is 32.8 Å². The van der Waals surface area contributed by atoms with E-state index in [1.54, 1.807) is 0 Å². The van der Waals surface area contributed by atoms with Gasteiger partial charge in [0.1, 0.15) is 70.8 Å². The largest absolute Gasteiger partial charge is 0.473 e. The van der Waals surface area contributed by atoms with Crippen LogP contribution in [0.2, 0.25) is 0 Å². The Balaban J connectivity index is 0.808. The fourth-order valence-corrected chi connectivity index (χ4v) is 12.5. The van der Waals surface area contributed by atoms with Gasteiger partial charge >= 0.3 is 11.9 Å². The lowest BCUT2D eigenvalue weighted by Gasteiger charge is -2.28. The lowest BCUT2D eigenvalue weighted by molar-refractivity contribution is 0.0397. The average molecular weight is 1360 g/mol. The molecule has 23 heteroatoms. The van der Waals surface area contributed by atoms with E-state index in [9.17, 15) is 18.4 Å². The normalized spacial score (nSPS) is 15.8. The van der Waals surface area contributed by atoms with Crippen molar-refractivity contribution in [3.63, 3.8) is 0 Å². The molecule has 0 bridgehead atoms. The summed E-state index contributed by atoms with van der Waals surface area (Å²) in [7, 11) is 0. The van der Waals surface area contributed by atoms with Gasteiger partial charge in [-0.25, -0.2) is 55.9 Å². The summed E-state index contributed by atoms with van der Waals surface area (Å²) in [6, 6.07) is 29.9. The van der Waals surface area contributed by atoms with Gasteiger partial charge in [-0.05, 0) is 128 Å². The first kappa shape index (κ1) is 62.0. The molecule has 15 nitrogen and oxygen atoms in total. The third kappa shape index (κ3) is 12.4. The van der Waals surface area contributed by atoms with Gasteiger partial charge in [-0.15, -0.1) is 0 Å². The molecule has 12 rings (SSSR count). The Labute approximate surface area is 533 Å². The standard InChI is InChI=1S/C68H50Br2F6N8O7/c1-67(2)33-87-31-57(67)83-55-21-41(17-45(69)63(55)81-59(83)23-39-19-51(75)43(25-49(39)73)53-7-5-9-61(79-53)89-29-37-13-11-35(27-77)15-47(37)71)65(85)91-66(86)42-18-46(70)64-56(22-42)84(58-32-88-34-68(58,3)4)60(82-64)24-40-20-52(76)44(26-50(40)74)54-8-6-10-62(80-54)90-30-38-14-12-36(28-78)16-48(38)72/h5-22,25-26,57-58H,23-24,29-34H2,1-4H3. The van der Waals surface area contributed by atoms with Crippen molar-refractivity contribution in [1.29, 1.82) is 10.5 Å². The SMILES string of the molecule is CC1(C)COCC1n1c(Cc2cc(F)c(-c3cccc(OCc4ccc(C#N)cc4F)n3)cc2F)nc2c(Br)cc(C(=O)OC(=O)c3cc(Br)c4nc(Cc5cc(F)c(-c6cccc(OCc7ccc(C#N)cc7F)n6)cc5F)n(C5COCC5(C)C)c4c3)cc21. The number of nitriles is 2. The van der Waals surface area contributed by atoms with Gasteiger partial charge in [-0.3, -0.25) is 0 Å². The van der Waals surface area contributed by atoms with E-state index in [0.29, 0.717) is 55.9 Å². The van der Waals surface area contributed by atoms with Crippen molar-refractivity contribution < 1.29 is 59.6 Å². The molecule has 4 aromatic heterocycles. The number of fused-ring (bicyclic) bond motifs is 2. The Kier molecular flexibility index (Phi) is 16.9. The number of aromatic nitrogens is 6. The van der Waals surface area contributed by atoms with E-state index in [2.05, 4.69) is 41.8 Å². The molecule has 460 valence electrons. The molecule has 91 heavy (non-hydrogen) atoms. The van der Waals surface area contributed by atoms with Crippen molar-refractivity contribution in [3.05, 3.63) is 221 Å². The zero-order chi connectivity index (χ0) is 64.2. The number of benzene rings is 6. The zero-order valence-corrected chi connectivity index (χ0v) is 52.0. The number of ether oxygens (including phenoxy) is 5. The highest BCUT2D eigenvalue weighted by Crippen LogP contribution is 2.44. The van der Waals surface area contributed by atoms with Crippen molar-refractivity contribution in [2.45, 2.75) is 65.8 Å². The van der Waals surface area contributed by atoms with E-state index in [0.717, 1.165) is 36.4 Å². The van der Waals surface area contributed by atoms with Crippen LogP contribution in [0.4, 0.5) is 26.3 Å². The van der Waals surface area contributed by atoms with Crippen molar-refractivity contribution >= 4 is 65.9 Å².